The van der Waals surface area contributed by atoms with Gasteiger partial charge in [0.2, 0.25) is 11.8 Å². The molecule has 4 aliphatic rings. The highest BCUT2D eigenvalue weighted by Gasteiger charge is 2.50. The van der Waals surface area contributed by atoms with Crippen LogP contribution in [-0.4, -0.2) is 190 Å². The Bertz CT molecular complexity index is 3680. The number of anilines is 1. The molecular formula is C75H91F7N8O8S. The number of alkyl halides is 6. The number of benzene rings is 5. The number of hydrogen-bond acceptors (Lipinski definition) is 13. The maximum atomic E-state index is 14.0. The van der Waals surface area contributed by atoms with Crippen molar-refractivity contribution < 1.29 is 68.9 Å². The van der Waals surface area contributed by atoms with E-state index in [0.717, 1.165) is 104 Å². The fourth-order valence-corrected chi connectivity index (χ4v) is 14.6. The molecule has 0 unspecified atom stereocenters. The van der Waals surface area contributed by atoms with Crippen LogP contribution in [-0.2, 0) is 64.8 Å². The minimum Gasteiger partial charge on any atom is -0.462 e. The lowest BCUT2D eigenvalue weighted by Gasteiger charge is -2.44. The highest BCUT2D eigenvalue weighted by Crippen LogP contribution is 2.49. The third-order valence-corrected chi connectivity index (χ3v) is 21.1. The number of likely N-dealkylation sites (tertiary alicyclic amines) is 2. The third-order valence-electron chi connectivity index (χ3n) is 19.9. The predicted molar refractivity (Wildman–Crippen MR) is 367 cm³/mol. The van der Waals surface area contributed by atoms with E-state index in [1.807, 2.05) is 95.3 Å². The molecule has 16 nitrogen and oxygen atoms in total. The Morgan fingerprint density at radius 2 is 1.34 bits per heavy atom. The molecule has 6 aromatic rings. The Labute approximate surface area is 580 Å². The molecule has 0 radical (unpaired) electrons. The summed E-state index contributed by atoms with van der Waals surface area (Å²) in [5, 5.41) is 0.859. The first-order chi connectivity index (χ1) is 47.2. The number of ether oxygens (including phenoxy) is 3. The number of carbonyl (C=O) groups is 5. The number of unbranched alkanes of at least 4 members (excludes halogenated alkanes) is 2. The van der Waals surface area contributed by atoms with Crippen molar-refractivity contribution in [2.24, 2.45) is 0 Å². The SMILES string of the molecule is CCN(C)C(=O)CO[C@H]1Cc2ccccc2C12CCN(CC[C@@]1(c3ccc(F)cc3)CN(C(=O)c3cc(C(F)(F)F)cc(C(F)(F)F)c3)CO1)CC2.CCN(C)C(=O)c1sc(N(C)CCCCCC(=O)N(C)CCN2CCC(OC(=O)Cc3ccccc3-c3ccccc3)CC2)nc1C. The molecule has 0 saturated carbocycles. The van der Waals surface area contributed by atoms with Gasteiger partial charge in [0.15, 0.2) is 5.13 Å². The molecule has 2 atom stereocenters. The van der Waals surface area contributed by atoms with Gasteiger partial charge in [0.1, 0.15) is 35.7 Å². The van der Waals surface area contributed by atoms with Crippen LogP contribution in [0, 0.1) is 12.7 Å². The van der Waals surface area contributed by atoms with Crippen LogP contribution in [0.3, 0.4) is 0 Å². The van der Waals surface area contributed by atoms with Crippen LogP contribution in [0.5, 0.6) is 0 Å². The minimum absolute atomic E-state index is 0.0147. The highest BCUT2D eigenvalue weighted by atomic mass is 32.1. The van der Waals surface area contributed by atoms with E-state index in [1.165, 1.54) is 46.7 Å². The number of rotatable bonds is 25. The van der Waals surface area contributed by atoms with Gasteiger partial charge >= 0.3 is 18.3 Å². The zero-order chi connectivity index (χ0) is 71.2. The summed E-state index contributed by atoms with van der Waals surface area (Å²) in [7, 11) is 7.44. The molecule has 3 saturated heterocycles. The van der Waals surface area contributed by atoms with E-state index in [1.54, 1.807) is 16.8 Å². The summed E-state index contributed by atoms with van der Waals surface area (Å²) in [5.74, 6) is -1.62. The number of thiazole rings is 1. The van der Waals surface area contributed by atoms with E-state index in [-0.39, 0.29) is 67.0 Å². The molecule has 5 aromatic carbocycles. The number of hydrogen-bond donors (Lipinski definition) is 0. The van der Waals surface area contributed by atoms with E-state index in [2.05, 4.69) is 50.0 Å². The van der Waals surface area contributed by atoms with E-state index in [0.29, 0.717) is 81.1 Å². The van der Waals surface area contributed by atoms with Gasteiger partial charge in [-0.1, -0.05) is 109 Å². The number of esters is 1. The highest BCUT2D eigenvalue weighted by molar-refractivity contribution is 7.17. The van der Waals surface area contributed by atoms with E-state index < -0.39 is 53.1 Å². The molecule has 4 heterocycles. The zero-order valence-corrected chi connectivity index (χ0v) is 58.4. The van der Waals surface area contributed by atoms with Gasteiger partial charge in [-0.3, -0.25) is 24.0 Å². The van der Waals surface area contributed by atoms with Gasteiger partial charge in [0.25, 0.3) is 11.8 Å². The fourth-order valence-electron chi connectivity index (χ4n) is 13.5. The van der Waals surface area contributed by atoms with Gasteiger partial charge < -0.3 is 48.5 Å². The lowest BCUT2D eigenvalue weighted by Crippen LogP contribution is -2.49. The number of carbonyl (C=O) groups excluding carboxylic acids is 5. The summed E-state index contributed by atoms with van der Waals surface area (Å²) < 4.78 is 114. The number of aromatic nitrogens is 1. The average Bonchev–Trinajstić information content (AvgIpc) is 1.61. The number of likely N-dealkylation sites (N-methyl/N-ethyl adjacent to an activating group) is 2. The lowest BCUT2D eigenvalue weighted by molar-refractivity contribution is -0.150. The van der Waals surface area contributed by atoms with Crippen LogP contribution in [0.1, 0.15) is 131 Å². The molecule has 1 aromatic heterocycles. The molecule has 0 bridgehead atoms. The number of piperidine rings is 2. The average molecular weight is 1400 g/mol. The fraction of sp³-hybridized carbons (Fsp3) is 0.493. The Hall–Kier alpha value is -7.77. The van der Waals surface area contributed by atoms with Crippen molar-refractivity contribution in [1.82, 2.24) is 34.4 Å². The molecule has 4 amide bonds. The monoisotopic (exact) mass is 1400 g/mol. The summed E-state index contributed by atoms with van der Waals surface area (Å²) in [5.41, 5.74) is 1.43. The molecule has 3 fully saturated rings. The minimum atomic E-state index is -5.11. The quantitative estimate of drug-likeness (QED) is 0.0305. The number of nitrogens with zero attached hydrogens (tertiary/aromatic N) is 8. The largest absolute Gasteiger partial charge is 0.462 e. The second-order valence-corrected chi connectivity index (χ2v) is 27.4. The van der Waals surface area contributed by atoms with Gasteiger partial charge in [0.05, 0.1) is 35.9 Å². The maximum Gasteiger partial charge on any atom is 0.416 e. The van der Waals surface area contributed by atoms with Gasteiger partial charge in [-0.15, -0.1) is 0 Å². The topological polar surface area (TPSA) is 149 Å². The van der Waals surface area contributed by atoms with E-state index >= 15 is 0 Å². The van der Waals surface area contributed by atoms with Crippen molar-refractivity contribution in [3.8, 4) is 11.1 Å². The number of aryl methyl sites for hydroxylation is 1. The molecule has 24 heteroatoms. The Balaban J connectivity index is 0.000000233. The standard InChI is InChI=1S/C38H40F7N3O4.C37H51N5O4S/c1-3-46(2)33(49)22-51-32-20-25-6-4-5-7-31(25)35(32)12-15-47(16-13-35)17-14-36(27-8-10-30(39)11-9-27)23-48(24-52-36)34(50)26-18-28(37(40,41)42)21-29(19-26)38(43,44)45;1-6-39(3)36(45)35-28(2)38-37(47-35)41(5)22-14-8-11-19-33(43)40(4)25-26-42-23-20-31(21-24-42)46-34(44)27-30-17-12-13-18-32(30)29-15-9-7-10-16-29/h4-11,18-19,21,32H,3,12-17,20,22-24H2,1-2H3;7,9-10,12-13,15-18,31H,6,8,11,14,19-27H2,1-5H3/t32-,36-;/m0./s1. The third kappa shape index (κ3) is 19.2. The molecule has 0 N–H and O–H groups in total. The molecular weight excluding hydrogens is 1310 g/mol. The van der Waals surface area contributed by atoms with Gasteiger partial charge in [-0.2, -0.15) is 26.3 Å². The number of amides is 4. The molecule has 534 valence electrons. The molecule has 1 spiro atoms. The van der Waals surface area contributed by atoms with E-state index in [4.69, 9.17) is 14.2 Å². The molecule has 1 aliphatic carbocycles. The Morgan fingerprint density at radius 3 is 2.01 bits per heavy atom. The van der Waals surface area contributed by atoms with Crippen molar-refractivity contribution in [1.29, 1.82) is 0 Å². The van der Waals surface area contributed by atoms with Gasteiger partial charge in [-0.25, -0.2) is 9.37 Å². The van der Waals surface area contributed by atoms with Crippen LogP contribution in [0.25, 0.3) is 11.1 Å². The number of halogens is 7. The summed E-state index contributed by atoms with van der Waals surface area (Å²) in [6, 6.07) is 32.6. The molecule has 10 rings (SSSR count). The van der Waals surface area contributed by atoms with Crippen molar-refractivity contribution >= 4 is 46.1 Å². The predicted octanol–water partition coefficient (Wildman–Crippen LogP) is 12.9. The van der Waals surface area contributed by atoms with Crippen LogP contribution in [0.2, 0.25) is 0 Å². The van der Waals surface area contributed by atoms with Crippen molar-refractivity contribution in [2.45, 2.75) is 127 Å². The summed E-state index contributed by atoms with van der Waals surface area (Å²) in [4.78, 5) is 82.5. The summed E-state index contributed by atoms with van der Waals surface area (Å²) >= 11 is 1.45. The first-order valence-corrected chi connectivity index (χ1v) is 34.9. The smallest absolute Gasteiger partial charge is 0.416 e. The maximum absolute atomic E-state index is 14.0. The van der Waals surface area contributed by atoms with Crippen molar-refractivity contribution in [3.63, 3.8) is 0 Å². The van der Waals surface area contributed by atoms with Crippen molar-refractivity contribution in [2.75, 3.05) is 118 Å². The van der Waals surface area contributed by atoms with Crippen LogP contribution in [0.4, 0.5) is 35.9 Å². The van der Waals surface area contributed by atoms with Gasteiger partial charge in [-0.05, 0) is 149 Å². The second-order valence-electron chi connectivity index (χ2n) is 26.4. The molecule has 3 aliphatic heterocycles. The van der Waals surface area contributed by atoms with Gasteiger partial charge in [0, 0.05) is 97.9 Å². The van der Waals surface area contributed by atoms with Crippen LogP contribution in [0.15, 0.2) is 121 Å². The van der Waals surface area contributed by atoms with Crippen LogP contribution >= 0.6 is 11.3 Å². The summed E-state index contributed by atoms with van der Waals surface area (Å²) in [6.07, 6.45) is -2.76. The molecule has 99 heavy (non-hydrogen) atoms. The Kier molecular flexibility index (Phi) is 25.6. The lowest BCUT2D eigenvalue weighted by atomic mass is 9.72. The normalized spacial score (nSPS) is 18.0. The van der Waals surface area contributed by atoms with Crippen LogP contribution < -0.4 is 4.90 Å². The number of fused-ring (bicyclic) bond motifs is 2. The van der Waals surface area contributed by atoms with Crippen molar-refractivity contribution in [3.05, 3.63) is 177 Å². The first-order valence-electron chi connectivity index (χ1n) is 34.1. The first kappa shape index (κ1) is 75.4. The van der Waals surface area contributed by atoms with E-state index in [9.17, 15) is 54.7 Å². The summed E-state index contributed by atoms with van der Waals surface area (Å²) in [6.45, 7) is 12.3. The zero-order valence-electron chi connectivity index (χ0n) is 57.6. The Morgan fingerprint density at radius 1 is 0.707 bits per heavy atom. The second kappa shape index (κ2) is 33.6.